The van der Waals surface area contributed by atoms with Crippen molar-refractivity contribution in [1.82, 2.24) is 0 Å². The molecule has 42 heavy (non-hydrogen) atoms. The third-order valence-electron chi connectivity index (χ3n) is 8.10. The third kappa shape index (κ3) is 5.80. The minimum Gasteiger partial charge on any atom is -1.00 e. The van der Waals surface area contributed by atoms with Gasteiger partial charge in [0.2, 0.25) is 0 Å². The van der Waals surface area contributed by atoms with E-state index in [9.17, 15) is 0 Å². The summed E-state index contributed by atoms with van der Waals surface area (Å²) in [6.45, 7) is 2.27. The first-order valence-corrected chi connectivity index (χ1v) is 13.7. The summed E-state index contributed by atoms with van der Waals surface area (Å²) >= 11 is 0. The predicted molar refractivity (Wildman–Crippen MR) is 168 cm³/mol. The Labute approximate surface area is 279 Å². The summed E-state index contributed by atoms with van der Waals surface area (Å²) in [7, 11) is 0. The molecule has 0 nitrogen and oxygen atoms in total. The van der Waals surface area contributed by atoms with E-state index in [1.165, 1.54) is 66.1 Å². The summed E-state index contributed by atoms with van der Waals surface area (Å²) in [5, 5.41) is 5.33. The summed E-state index contributed by atoms with van der Waals surface area (Å²) < 4.78 is 0. The second kappa shape index (κ2) is 13.8. The van der Waals surface area contributed by atoms with E-state index < -0.39 is 0 Å². The predicted octanol–water partition coefficient (Wildman–Crippen LogP) is 4.35. The average Bonchev–Trinajstić information content (AvgIpc) is 3.63. The molecule has 1 unspecified atom stereocenters. The number of hydrogen-bond donors (Lipinski definition) is 0. The van der Waals surface area contributed by atoms with Gasteiger partial charge in [0, 0.05) is 5.92 Å². The monoisotopic (exact) mass is 657 g/mol. The van der Waals surface area contributed by atoms with Gasteiger partial charge in [0.05, 0.1) is 0 Å². The van der Waals surface area contributed by atoms with E-state index >= 15 is 0 Å². The average molecular weight is 660 g/mol. The van der Waals surface area contributed by atoms with Gasteiger partial charge in [-0.05, 0) is 52.0 Å². The Morgan fingerprint density at radius 2 is 1.29 bits per heavy atom. The van der Waals surface area contributed by atoms with Crippen LogP contribution in [0, 0.1) is 6.92 Å². The molecular weight excluding hydrogens is 631 g/mol. The third-order valence-corrected chi connectivity index (χ3v) is 8.10. The van der Waals surface area contributed by atoms with Crippen LogP contribution >= 0.6 is 0 Å². The molecule has 0 amide bonds. The summed E-state index contributed by atoms with van der Waals surface area (Å²) in [6.07, 6.45) is 9.23. The molecule has 0 heterocycles. The molecule has 7 rings (SSSR count). The minimum absolute atomic E-state index is 0. The molecular formula is C39H29Cl2Zr. The fourth-order valence-corrected chi connectivity index (χ4v) is 6.13. The molecule has 1 aliphatic rings. The Morgan fingerprint density at radius 3 is 2.00 bits per heavy atom. The second-order valence-corrected chi connectivity index (χ2v) is 10.3. The topological polar surface area (TPSA) is 0 Å². The molecule has 0 aliphatic heterocycles. The minimum atomic E-state index is 0. The van der Waals surface area contributed by atoms with Crippen LogP contribution in [-0.4, -0.2) is 0 Å². The SMILES string of the molecule is Cc1c(C=C(c2ccccc2)c2ccccc2)cccc1C1=CC=CC1c1cccc2c1[cH-]c1ccccc12.[Cl-].[Cl-].[Zr+3]. The van der Waals surface area contributed by atoms with Gasteiger partial charge in [-0.2, -0.15) is 0 Å². The maximum Gasteiger partial charge on any atom is 3.00 e. The van der Waals surface area contributed by atoms with E-state index in [-0.39, 0.29) is 56.9 Å². The molecule has 0 spiro atoms. The van der Waals surface area contributed by atoms with Gasteiger partial charge >= 0.3 is 26.2 Å². The van der Waals surface area contributed by atoms with Crippen molar-refractivity contribution in [3.63, 3.8) is 0 Å². The van der Waals surface area contributed by atoms with Crippen LogP contribution in [0.4, 0.5) is 0 Å². The zero-order valence-electron chi connectivity index (χ0n) is 23.3. The van der Waals surface area contributed by atoms with Gasteiger partial charge in [-0.15, -0.1) is 33.7 Å². The Balaban J connectivity index is 0.00000135. The van der Waals surface area contributed by atoms with E-state index in [1.54, 1.807) is 0 Å². The van der Waals surface area contributed by atoms with Crippen molar-refractivity contribution in [3.8, 4) is 0 Å². The molecule has 6 aromatic rings. The number of benzene rings is 5. The molecule has 0 N–H and O–H groups in total. The maximum atomic E-state index is 2.36. The summed E-state index contributed by atoms with van der Waals surface area (Å²) in [5.41, 5.74) is 10.3. The first kappa shape index (κ1) is 31.6. The molecule has 1 aliphatic carbocycles. The number of fused-ring (bicyclic) bond motifs is 3. The molecule has 0 aromatic heterocycles. The Hall–Kier alpha value is -3.35. The van der Waals surface area contributed by atoms with Crippen LogP contribution < -0.4 is 24.8 Å². The van der Waals surface area contributed by atoms with Crippen LogP contribution in [0.25, 0.3) is 38.8 Å². The van der Waals surface area contributed by atoms with Crippen LogP contribution in [0.1, 0.15) is 39.3 Å². The molecule has 1 atom stereocenters. The first-order valence-electron chi connectivity index (χ1n) is 13.7. The molecule has 6 aromatic carbocycles. The Kier molecular flexibility index (Phi) is 10.3. The van der Waals surface area contributed by atoms with E-state index in [0.29, 0.717) is 0 Å². The molecule has 0 bridgehead atoms. The number of hydrogen-bond acceptors (Lipinski definition) is 0. The second-order valence-electron chi connectivity index (χ2n) is 10.3. The van der Waals surface area contributed by atoms with E-state index in [1.807, 2.05) is 0 Å². The van der Waals surface area contributed by atoms with Gasteiger partial charge in [0.1, 0.15) is 0 Å². The summed E-state index contributed by atoms with van der Waals surface area (Å²) in [6, 6.07) is 46.0. The van der Waals surface area contributed by atoms with Crippen molar-refractivity contribution >= 4 is 38.8 Å². The van der Waals surface area contributed by atoms with Crippen molar-refractivity contribution in [2.24, 2.45) is 0 Å². The van der Waals surface area contributed by atoms with Gasteiger partial charge in [-0.3, -0.25) is 0 Å². The molecule has 3 heteroatoms. The van der Waals surface area contributed by atoms with Gasteiger partial charge in [0.25, 0.3) is 0 Å². The van der Waals surface area contributed by atoms with Gasteiger partial charge in [0.15, 0.2) is 0 Å². The molecule has 203 valence electrons. The normalized spacial score (nSPS) is 13.5. The molecule has 0 fully saturated rings. The summed E-state index contributed by atoms with van der Waals surface area (Å²) in [4.78, 5) is 0. The van der Waals surface area contributed by atoms with E-state index in [0.717, 1.165) is 0 Å². The van der Waals surface area contributed by atoms with Crippen molar-refractivity contribution in [3.05, 3.63) is 179 Å². The zero-order valence-corrected chi connectivity index (χ0v) is 27.2. The van der Waals surface area contributed by atoms with Crippen molar-refractivity contribution in [2.45, 2.75) is 12.8 Å². The Bertz CT molecular complexity index is 1870. The Morgan fingerprint density at radius 1 is 0.667 bits per heavy atom. The molecule has 0 saturated carbocycles. The van der Waals surface area contributed by atoms with Crippen molar-refractivity contribution in [1.29, 1.82) is 0 Å². The van der Waals surface area contributed by atoms with Crippen LogP contribution in [0.15, 0.2) is 146 Å². The number of allylic oxidation sites excluding steroid dienone is 4. The standard InChI is InChI=1S/C39H29.2ClH.Zr/c1-27-30(25-38(28-13-4-2-5-14-28)29-15-6-3-7-16-29)18-10-20-32(27)34-21-11-23-36(34)37-24-12-22-35-33-19-9-8-17-31(33)26-39(35)37;;;/h2-26,36H,1H3;2*1H;/q-1;;;+3/p-2. The summed E-state index contributed by atoms with van der Waals surface area (Å²) in [5.74, 6) is 0.228. The van der Waals surface area contributed by atoms with Gasteiger partial charge in [-0.1, -0.05) is 139 Å². The fraction of sp³-hybridized carbons (Fsp3) is 0.0513. The quantitative estimate of drug-likeness (QED) is 0.191. The fourth-order valence-electron chi connectivity index (χ4n) is 6.13. The zero-order chi connectivity index (χ0) is 26.2. The van der Waals surface area contributed by atoms with Crippen LogP contribution in [0.5, 0.6) is 0 Å². The largest absolute Gasteiger partial charge is 3.00 e. The number of halogens is 2. The van der Waals surface area contributed by atoms with Crippen molar-refractivity contribution in [2.75, 3.05) is 0 Å². The van der Waals surface area contributed by atoms with Crippen LogP contribution in [-0.2, 0) is 26.2 Å². The van der Waals surface area contributed by atoms with E-state index in [2.05, 4.69) is 159 Å². The van der Waals surface area contributed by atoms with Crippen molar-refractivity contribution < 1.29 is 51.0 Å². The van der Waals surface area contributed by atoms with Gasteiger partial charge in [-0.25, -0.2) is 0 Å². The molecule has 0 saturated heterocycles. The smallest absolute Gasteiger partial charge is 1.00 e. The van der Waals surface area contributed by atoms with Crippen LogP contribution in [0.2, 0.25) is 0 Å². The van der Waals surface area contributed by atoms with Gasteiger partial charge < -0.3 is 24.8 Å². The molecule has 1 radical (unpaired) electrons. The maximum absolute atomic E-state index is 2.36. The first-order chi connectivity index (χ1) is 19.3. The van der Waals surface area contributed by atoms with E-state index in [4.69, 9.17) is 0 Å². The van der Waals surface area contributed by atoms with Crippen LogP contribution in [0.3, 0.4) is 0 Å². The number of rotatable bonds is 5.